The summed E-state index contributed by atoms with van der Waals surface area (Å²) < 4.78 is 39.3. The molecule has 0 heterocycles. The molecule has 1 N–H and O–H groups in total. The zero-order chi connectivity index (χ0) is 15.2. The van der Waals surface area contributed by atoms with Gasteiger partial charge in [-0.15, -0.1) is 0 Å². The Labute approximate surface area is 127 Å². The smallest absolute Gasteiger partial charge is 0.382 e. The van der Waals surface area contributed by atoms with E-state index in [1.807, 2.05) is 6.92 Å². The third-order valence-electron chi connectivity index (χ3n) is 4.64. The topological polar surface area (TPSA) is 12.0 Å². The lowest BCUT2D eigenvalue weighted by Crippen LogP contribution is -2.29. The van der Waals surface area contributed by atoms with Crippen molar-refractivity contribution in [2.24, 2.45) is 17.8 Å². The van der Waals surface area contributed by atoms with Crippen molar-refractivity contribution in [2.75, 3.05) is 5.32 Å². The van der Waals surface area contributed by atoms with Crippen LogP contribution in [0.5, 0.6) is 0 Å². The zero-order valence-corrected chi connectivity index (χ0v) is 12.4. The minimum atomic E-state index is -4.40. The van der Waals surface area contributed by atoms with Gasteiger partial charge in [-0.2, -0.15) is 13.2 Å². The van der Waals surface area contributed by atoms with Crippen molar-refractivity contribution >= 4 is 17.3 Å². The highest BCUT2D eigenvalue weighted by Gasteiger charge is 2.39. The molecule has 1 saturated carbocycles. The third kappa shape index (κ3) is 2.91. The molecule has 0 aliphatic heterocycles. The van der Waals surface area contributed by atoms with Gasteiger partial charge < -0.3 is 5.32 Å². The van der Waals surface area contributed by atoms with E-state index in [2.05, 4.69) is 17.5 Å². The molecule has 4 unspecified atom stereocenters. The molecule has 0 amide bonds. The number of allylic oxidation sites excluding steroid dienone is 2. The van der Waals surface area contributed by atoms with Crippen LogP contribution in [0.3, 0.4) is 0 Å². The van der Waals surface area contributed by atoms with E-state index in [9.17, 15) is 13.2 Å². The monoisotopic (exact) mass is 315 g/mol. The van der Waals surface area contributed by atoms with Gasteiger partial charge in [-0.1, -0.05) is 23.8 Å². The Morgan fingerprint density at radius 1 is 1.24 bits per heavy atom. The minimum absolute atomic E-state index is 0.00669. The Balaban J connectivity index is 1.80. The molecule has 4 atom stereocenters. The van der Waals surface area contributed by atoms with Crippen molar-refractivity contribution in [3.05, 3.63) is 40.9 Å². The molecule has 0 radical (unpaired) electrons. The summed E-state index contributed by atoms with van der Waals surface area (Å²) in [6.07, 6.45) is 2.25. The van der Waals surface area contributed by atoms with E-state index in [1.54, 1.807) is 0 Å². The Bertz CT molecular complexity index is 567. The number of hydrogen-bond acceptors (Lipinski definition) is 1. The Morgan fingerprint density at radius 2 is 2.00 bits per heavy atom. The fourth-order valence-electron chi connectivity index (χ4n) is 3.63. The molecule has 0 aromatic heterocycles. The SMILES string of the molecule is CC(Nc1ccc(Cl)cc1C(F)(F)F)C1CC2C=CC1C2. The number of halogens is 4. The second-order valence-corrected chi connectivity index (χ2v) is 6.50. The van der Waals surface area contributed by atoms with Gasteiger partial charge in [0, 0.05) is 16.8 Å². The van der Waals surface area contributed by atoms with Crippen LogP contribution in [-0.2, 0) is 6.18 Å². The van der Waals surface area contributed by atoms with Crippen LogP contribution < -0.4 is 5.32 Å². The fraction of sp³-hybridized carbons (Fsp3) is 0.500. The number of hydrogen-bond donors (Lipinski definition) is 1. The largest absolute Gasteiger partial charge is 0.418 e. The van der Waals surface area contributed by atoms with E-state index in [0.29, 0.717) is 17.8 Å². The van der Waals surface area contributed by atoms with Crippen LogP contribution in [0, 0.1) is 17.8 Å². The van der Waals surface area contributed by atoms with Crippen molar-refractivity contribution in [1.82, 2.24) is 0 Å². The van der Waals surface area contributed by atoms with E-state index in [-0.39, 0.29) is 16.8 Å². The van der Waals surface area contributed by atoms with E-state index in [1.165, 1.54) is 12.1 Å². The standard InChI is InChI=1S/C16H17ClF3N/c1-9(13-7-10-2-3-11(13)6-10)21-15-5-4-12(17)8-14(15)16(18,19)20/h2-5,8-11,13,21H,6-7H2,1H3. The number of benzene rings is 1. The average molecular weight is 316 g/mol. The van der Waals surface area contributed by atoms with Crippen LogP contribution in [0.1, 0.15) is 25.3 Å². The summed E-state index contributed by atoms with van der Waals surface area (Å²) in [5, 5.41) is 3.16. The molecule has 5 heteroatoms. The molecule has 1 fully saturated rings. The summed E-state index contributed by atoms with van der Waals surface area (Å²) in [5.74, 6) is 1.51. The summed E-state index contributed by atoms with van der Waals surface area (Å²) >= 11 is 5.70. The molecule has 3 rings (SSSR count). The van der Waals surface area contributed by atoms with Gasteiger partial charge in [0.05, 0.1) is 5.56 Å². The lowest BCUT2D eigenvalue weighted by Gasteiger charge is -2.28. The van der Waals surface area contributed by atoms with Crippen LogP contribution in [0.15, 0.2) is 30.4 Å². The first-order valence-corrected chi connectivity index (χ1v) is 7.54. The van der Waals surface area contributed by atoms with Crippen molar-refractivity contribution < 1.29 is 13.2 Å². The van der Waals surface area contributed by atoms with Gasteiger partial charge in [0.25, 0.3) is 0 Å². The Hall–Kier alpha value is -1.16. The highest BCUT2D eigenvalue weighted by atomic mass is 35.5. The fourth-order valence-corrected chi connectivity index (χ4v) is 3.80. The quantitative estimate of drug-likeness (QED) is 0.739. The van der Waals surface area contributed by atoms with Crippen molar-refractivity contribution in [1.29, 1.82) is 0 Å². The molecular weight excluding hydrogens is 299 g/mol. The van der Waals surface area contributed by atoms with E-state index >= 15 is 0 Å². The zero-order valence-electron chi connectivity index (χ0n) is 11.6. The van der Waals surface area contributed by atoms with Crippen LogP contribution >= 0.6 is 11.6 Å². The second kappa shape index (κ2) is 5.24. The van der Waals surface area contributed by atoms with Crippen LogP contribution in [0.25, 0.3) is 0 Å². The number of alkyl halides is 3. The van der Waals surface area contributed by atoms with Gasteiger partial charge in [-0.05, 0) is 55.7 Å². The van der Waals surface area contributed by atoms with Gasteiger partial charge in [0.2, 0.25) is 0 Å². The average Bonchev–Trinajstić information content (AvgIpc) is 3.02. The lowest BCUT2D eigenvalue weighted by molar-refractivity contribution is -0.137. The summed E-state index contributed by atoms with van der Waals surface area (Å²) in [4.78, 5) is 0. The van der Waals surface area contributed by atoms with Crippen LogP contribution in [0.2, 0.25) is 5.02 Å². The van der Waals surface area contributed by atoms with Gasteiger partial charge in [0.15, 0.2) is 0 Å². The maximum atomic E-state index is 13.1. The molecule has 1 nitrogen and oxygen atoms in total. The van der Waals surface area contributed by atoms with Gasteiger partial charge in [-0.25, -0.2) is 0 Å². The predicted octanol–water partition coefficient (Wildman–Crippen LogP) is 5.37. The normalized spacial score (nSPS) is 28.9. The first-order chi connectivity index (χ1) is 9.84. The Kier molecular flexibility index (Phi) is 3.68. The van der Waals surface area contributed by atoms with Gasteiger partial charge in [0.1, 0.15) is 0 Å². The molecule has 1 aromatic rings. The molecule has 2 aliphatic rings. The van der Waals surface area contributed by atoms with Crippen LogP contribution in [0.4, 0.5) is 18.9 Å². The number of fused-ring (bicyclic) bond motifs is 2. The summed E-state index contributed by atoms with van der Waals surface area (Å²) in [7, 11) is 0. The highest BCUT2D eigenvalue weighted by molar-refractivity contribution is 6.30. The maximum absolute atomic E-state index is 13.1. The van der Waals surface area contributed by atoms with Gasteiger partial charge in [-0.3, -0.25) is 0 Å². The predicted molar refractivity (Wildman–Crippen MR) is 78.4 cm³/mol. The van der Waals surface area contributed by atoms with Crippen molar-refractivity contribution in [3.63, 3.8) is 0 Å². The first kappa shape index (κ1) is 14.8. The summed E-state index contributed by atoms with van der Waals surface area (Å²) in [6, 6.07) is 3.90. The first-order valence-electron chi connectivity index (χ1n) is 7.16. The highest BCUT2D eigenvalue weighted by Crippen LogP contribution is 2.46. The van der Waals surface area contributed by atoms with Crippen LogP contribution in [-0.4, -0.2) is 6.04 Å². The number of anilines is 1. The molecule has 0 saturated heterocycles. The minimum Gasteiger partial charge on any atom is -0.382 e. The molecule has 2 bridgehead atoms. The third-order valence-corrected chi connectivity index (χ3v) is 4.88. The van der Waals surface area contributed by atoms with E-state index < -0.39 is 11.7 Å². The summed E-state index contributed by atoms with van der Waals surface area (Å²) in [5.41, 5.74) is -0.577. The molecule has 0 spiro atoms. The lowest BCUT2D eigenvalue weighted by atomic mass is 9.87. The molecule has 2 aliphatic carbocycles. The molecule has 1 aromatic carbocycles. The summed E-state index contributed by atoms with van der Waals surface area (Å²) in [6.45, 7) is 1.97. The molecular formula is C16H17ClF3N. The van der Waals surface area contributed by atoms with Gasteiger partial charge >= 0.3 is 6.18 Å². The van der Waals surface area contributed by atoms with E-state index in [0.717, 1.165) is 18.9 Å². The van der Waals surface area contributed by atoms with Crippen molar-refractivity contribution in [2.45, 2.75) is 32.0 Å². The number of nitrogens with one attached hydrogen (secondary N) is 1. The molecule has 21 heavy (non-hydrogen) atoms. The maximum Gasteiger partial charge on any atom is 0.418 e. The van der Waals surface area contributed by atoms with Crippen molar-refractivity contribution in [3.8, 4) is 0 Å². The molecule has 114 valence electrons. The Morgan fingerprint density at radius 3 is 2.57 bits per heavy atom. The second-order valence-electron chi connectivity index (χ2n) is 6.06. The number of rotatable bonds is 3. The van der Waals surface area contributed by atoms with E-state index in [4.69, 9.17) is 11.6 Å².